The van der Waals surface area contributed by atoms with Gasteiger partial charge in [-0.15, -0.1) is 0 Å². The number of halogens is 1. The Bertz CT molecular complexity index is 935. The van der Waals surface area contributed by atoms with E-state index in [1.165, 1.54) is 12.1 Å². The predicted molar refractivity (Wildman–Crippen MR) is 77.4 cm³/mol. The van der Waals surface area contributed by atoms with Crippen LogP contribution in [0.2, 0.25) is 0 Å². The van der Waals surface area contributed by atoms with Gasteiger partial charge in [-0.3, -0.25) is 10.1 Å². The third-order valence-corrected chi connectivity index (χ3v) is 3.95. The molecule has 0 aliphatic heterocycles. The minimum Gasteiger partial charge on any atom is -0.447 e. The van der Waals surface area contributed by atoms with E-state index in [1.54, 1.807) is 6.07 Å². The van der Waals surface area contributed by atoms with Crippen LogP contribution in [-0.4, -0.2) is 19.6 Å². The summed E-state index contributed by atoms with van der Waals surface area (Å²) in [5.41, 5.74) is -0.729. The van der Waals surface area contributed by atoms with Crippen LogP contribution in [-0.2, 0) is 9.84 Å². The molecule has 0 saturated heterocycles. The van der Waals surface area contributed by atoms with Crippen molar-refractivity contribution in [2.75, 3.05) is 6.26 Å². The first-order valence-corrected chi connectivity index (χ1v) is 7.98. The molecule has 9 heteroatoms. The number of nitriles is 1. The number of ether oxygens (including phenoxy) is 1. The third-order valence-electron chi connectivity index (χ3n) is 2.82. The Labute approximate surface area is 130 Å². The van der Waals surface area contributed by atoms with Crippen molar-refractivity contribution in [3.8, 4) is 17.6 Å². The standard InChI is InChI=1S/C14H9FN2O5S/c1-23(20,21)13-4-2-3-12(14(13)17(18)19)22-11-6-5-9(8-16)7-10(11)15/h2-7H,1H3. The second-order valence-corrected chi connectivity index (χ2v) is 6.48. The monoisotopic (exact) mass is 336 g/mol. The first-order chi connectivity index (χ1) is 10.7. The van der Waals surface area contributed by atoms with Gasteiger partial charge in [-0.05, 0) is 30.3 Å². The zero-order chi connectivity index (χ0) is 17.2. The van der Waals surface area contributed by atoms with Crippen LogP contribution in [0.25, 0.3) is 0 Å². The van der Waals surface area contributed by atoms with Crippen LogP contribution in [0, 0.1) is 27.3 Å². The number of para-hydroxylation sites is 1. The van der Waals surface area contributed by atoms with Gasteiger partial charge in [-0.1, -0.05) is 6.07 Å². The van der Waals surface area contributed by atoms with Crippen LogP contribution in [0.15, 0.2) is 41.3 Å². The lowest BCUT2D eigenvalue weighted by molar-refractivity contribution is -0.388. The quantitative estimate of drug-likeness (QED) is 0.627. The largest absolute Gasteiger partial charge is 0.447 e. The molecule has 2 aromatic carbocycles. The van der Waals surface area contributed by atoms with Gasteiger partial charge < -0.3 is 4.74 Å². The second-order valence-electron chi connectivity index (χ2n) is 4.49. The maximum absolute atomic E-state index is 13.8. The molecule has 2 aromatic rings. The van der Waals surface area contributed by atoms with Crippen molar-refractivity contribution in [3.63, 3.8) is 0 Å². The van der Waals surface area contributed by atoms with E-state index >= 15 is 0 Å². The van der Waals surface area contributed by atoms with Crippen molar-refractivity contribution in [1.82, 2.24) is 0 Å². The topological polar surface area (TPSA) is 110 Å². The summed E-state index contributed by atoms with van der Waals surface area (Å²) in [7, 11) is -3.87. The molecule has 0 amide bonds. The minimum atomic E-state index is -3.87. The van der Waals surface area contributed by atoms with Crippen molar-refractivity contribution in [2.45, 2.75) is 4.90 Å². The Kier molecular flexibility index (Phi) is 4.29. The van der Waals surface area contributed by atoms with Crippen LogP contribution in [0.1, 0.15) is 5.56 Å². The summed E-state index contributed by atoms with van der Waals surface area (Å²) in [5, 5.41) is 19.9. The van der Waals surface area contributed by atoms with Gasteiger partial charge in [0.2, 0.25) is 5.75 Å². The van der Waals surface area contributed by atoms with Gasteiger partial charge in [0.15, 0.2) is 21.4 Å². The predicted octanol–water partition coefficient (Wildman–Crippen LogP) is 2.80. The van der Waals surface area contributed by atoms with Crippen LogP contribution >= 0.6 is 0 Å². The number of nitrogens with zero attached hydrogens (tertiary/aromatic N) is 2. The van der Waals surface area contributed by atoms with E-state index in [9.17, 15) is 22.9 Å². The Morgan fingerprint density at radius 1 is 1.26 bits per heavy atom. The van der Waals surface area contributed by atoms with Gasteiger partial charge in [0, 0.05) is 6.26 Å². The van der Waals surface area contributed by atoms with Crippen LogP contribution in [0.4, 0.5) is 10.1 Å². The highest BCUT2D eigenvalue weighted by molar-refractivity contribution is 7.90. The Morgan fingerprint density at radius 3 is 2.48 bits per heavy atom. The van der Waals surface area contributed by atoms with Crippen LogP contribution < -0.4 is 4.74 Å². The van der Waals surface area contributed by atoms with E-state index in [0.717, 1.165) is 30.5 Å². The Morgan fingerprint density at radius 2 is 1.96 bits per heavy atom. The molecule has 118 valence electrons. The van der Waals surface area contributed by atoms with Gasteiger partial charge in [-0.2, -0.15) is 5.26 Å². The highest BCUT2D eigenvalue weighted by Gasteiger charge is 2.28. The molecule has 23 heavy (non-hydrogen) atoms. The number of hydrogen-bond acceptors (Lipinski definition) is 6. The molecule has 0 atom stereocenters. The lowest BCUT2D eigenvalue weighted by atomic mass is 10.2. The van der Waals surface area contributed by atoms with E-state index in [1.807, 2.05) is 0 Å². The molecule has 0 bridgehead atoms. The average molecular weight is 336 g/mol. The van der Waals surface area contributed by atoms with Crippen molar-refractivity contribution in [1.29, 1.82) is 5.26 Å². The summed E-state index contributed by atoms with van der Waals surface area (Å²) in [6, 6.07) is 8.51. The molecule has 0 heterocycles. The highest BCUT2D eigenvalue weighted by atomic mass is 32.2. The van der Waals surface area contributed by atoms with E-state index in [-0.39, 0.29) is 11.3 Å². The van der Waals surface area contributed by atoms with Crippen molar-refractivity contribution in [3.05, 3.63) is 57.9 Å². The van der Waals surface area contributed by atoms with E-state index in [0.29, 0.717) is 0 Å². The highest BCUT2D eigenvalue weighted by Crippen LogP contribution is 2.37. The summed E-state index contributed by atoms with van der Waals surface area (Å²) in [4.78, 5) is 9.75. The minimum absolute atomic E-state index is 0.0502. The third kappa shape index (κ3) is 3.44. The molecule has 0 spiro atoms. The molecule has 0 fully saturated rings. The normalized spacial score (nSPS) is 10.8. The summed E-state index contributed by atoms with van der Waals surface area (Å²) >= 11 is 0. The van der Waals surface area contributed by atoms with Crippen LogP contribution in [0.5, 0.6) is 11.5 Å². The summed E-state index contributed by atoms with van der Waals surface area (Å²) in [6.45, 7) is 0. The van der Waals surface area contributed by atoms with E-state index < -0.39 is 36.9 Å². The Balaban J connectivity index is 2.57. The molecule has 7 nitrogen and oxygen atoms in total. The molecule has 0 saturated carbocycles. The SMILES string of the molecule is CS(=O)(=O)c1cccc(Oc2ccc(C#N)cc2F)c1[N+](=O)[O-]. The maximum atomic E-state index is 13.8. The summed E-state index contributed by atoms with van der Waals surface area (Å²) in [5.74, 6) is -1.68. The first kappa shape index (κ1) is 16.4. The molecule has 0 aliphatic rings. The second kappa shape index (κ2) is 6.02. The van der Waals surface area contributed by atoms with Gasteiger partial charge in [0.05, 0.1) is 16.6 Å². The summed E-state index contributed by atoms with van der Waals surface area (Å²) < 4.78 is 42.3. The summed E-state index contributed by atoms with van der Waals surface area (Å²) in [6.07, 6.45) is 0.821. The lowest BCUT2D eigenvalue weighted by Crippen LogP contribution is -2.04. The number of nitro groups is 1. The van der Waals surface area contributed by atoms with Crippen molar-refractivity contribution >= 4 is 15.5 Å². The van der Waals surface area contributed by atoms with Gasteiger partial charge >= 0.3 is 5.69 Å². The number of hydrogen-bond donors (Lipinski definition) is 0. The average Bonchev–Trinajstić information content (AvgIpc) is 2.47. The molecule has 2 rings (SSSR count). The number of nitro benzene ring substituents is 1. The fourth-order valence-electron chi connectivity index (χ4n) is 1.84. The molecular weight excluding hydrogens is 327 g/mol. The number of sulfone groups is 1. The molecule has 0 aliphatic carbocycles. The zero-order valence-electron chi connectivity index (χ0n) is 11.7. The van der Waals surface area contributed by atoms with Gasteiger partial charge in [-0.25, -0.2) is 12.8 Å². The first-order valence-electron chi connectivity index (χ1n) is 6.09. The van der Waals surface area contributed by atoms with Crippen LogP contribution in [0.3, 0.4) is 0 Å². The number of rotatable bonds is 4. The molecule has 0 radical (unpaired) electrons. The van der Waals surface area contributed by atoms with Crippen molar-refractivity contribution in [2.24, 2.45) is 0 Å². The number of benzene rings is 2. The van der Waals surface area contributed by atoms with Gasteiger partial charge in [0.1, 0.15) is 4.90 Å². The maximum Gasteiger partial charge on any atom is 0.330 e. The smallest absolute Gasteiger partial charge is 0.330 e. The zero-order valence-corrected chi connectivity index (χ0v) is 12.5. The molecule has 0 N–H and O–H groups in total. The lowest BCUT2D eigenvalue weighted by Gasteiger charge is -2.09. The fourth-order valence-corrected chi connectivity index (χ4v) is 2.69. The molecule has 0 aromatic heterocycles. The van der Waals surface area contributed by atoms with Gasteiger partial charge in [0.25, 0.3) is 0 Å². The Hall–Kier alpha value is -2.99. The van der Waals surface area contributed by atoms with E-state index in [4.69, 9.17) is 10.00 Å². The molecule has 0 unspecified atom stereocenters. The van der Waals surface area contributed by atoms with Crippen molar-refractivity contribution < 1.29 is 22.5 Å². The fraction of sp³-hybridized carbons (Fsp3) is 0.0714. The van der Waals surface area contributed by atoms with E-state index in [2.05, 4.69) is 0 Å². The molecular formula is C14H9FN2O5S.